The van der Waals surface area contributed by atoms with Gasteiger partial charge in [0.15, 0.2) is 11.5 Å². The Hall–Kier alpha value is -18.3. The summed E-state index contributed by atoms with van der Waals surface area (Å²) in [7, 11) is 0. The summed E-state index contributed by atoms with van der Waals surface area (Å²) >= 11 is 7.42. The molecule has 0 spiro atoms. The van der Waals surface area contributed by atoms with Crippen molar-refractivity contribution in [2.24, 2.45) is 0 Å². The molecule has 0 fully saturated rings. The van der Waals surface area contributed by atoms with Gasteiger partial charge in [0.2, 0.25) is 0 Å². The van der Waals surface area contributed by atoms with Gasteiger partial charge in [0.25, 0.3) is 0 Å². The molecule has 146 heavy (non-hydrogen) atoms. The van der Waals surface area contributed by atoms with Gasteiger partial charge in [-0.05, 0) is 134 Å². The molecule has 14 heteroatoms. The van der Waals surface area contributed by atoms with Crippen LogP contribution in [0.3, 0.4) is 0 Å². The summed E-state index contributed by atoms with van der Waals surface area (Å²) in [4.78, 5) is 48.7. The van der Waals surface area contributed by atoms with Crippen molar-refractivity contribution in [3.05, 3.63) is 498 Å². The summed E-state index contributed by atoms with van der Waals surface area (Å²) in [5, 5.41) is 11.6. The van der Waals surface area contributed by atoms with Gasteiger partial charge in [-0.25, -0.2) is 44.9 Å². The van der Waals surface area contributed by atoms with Gasteiger partial charge in [-0.3, -0.25) is 4.98 Å². The Morgan fingerprint density at radius 1 is 0.158 bits per heavy atom. The van der Waals surface area contributed by atoms with E-state index in [1.807, 2.05) is 167 Å². The molecule has 0 saturated carbocycles. The lowest BCUT2D eigenvalue weighted by Gasteiger charge is -2.11. The Kier molecular flexibility index (Phi) is 23.3. The molecular formula is C132H82N10S4. The highest BCUT2D eigenvalue weighted by molar-refractivity contribution is 7.27. The number of nitrogens with zero attached hydrogens (tertiary/aromatic N) is 10. The van der Waals surface area contributed by atoms with Crippen LogP contribution in [0.4, 0.5) is 0 Å². The highest BCUT2D eigenvalue weighted by Gasteiger charge is 2.24. The predicted octanol–water partition coefficient (Wildman–Crippen LogP) is 36.5. The van der Waals surface area contributed by atoms with E-state index in [1.165, 1.54) is 136 Å². The number of pyridine rings is 2. The van der Waals surface area contributed by atoms with Crippen molar-refractivity contribution < 1.29 is 0 Å². The molecule has 0 bridgehead atoms. The quantitative estimate of drug-likeness (QED) is 0.110. The number of rotatable bonds is 13. The molecule has 684 valence electrons. The van der Waals surface area contributed by atoms with Gasteiger partial charge in [0, 0.05) is 143 Å². The molecule has 0 unspecified atom stereocenters. The summed E-state index contributed by atoms with van der Waals surface area (Å²) in [5.74, 6) is 0.745. The molecule has 10 heterocycles. The number of para-hydroxylation sites is 2. The molecular weight excluding hydrogens is 1850 g/mol. The second kappa shape index (κ2) is 38.6. The maximum Gasteiger partial charge on any atom is 0.178 e. The summed E-state index contributed by atoms with van der Waals surface area (Å²) in [6.45, 7) is 0. The van der Waals surface area contributed by atoms with E-state index in [0.29, 0.717) is 5.65 Å². The number of benzene rings is 19. The van der Waals surface area contributed by atoms with Gasteiger partial charge < -0.3 is 0 Å². The first-order valence-electron chi connectivity index (χ1n) is 48.5. The molecule has 0 N–H and O–H groups in total. The molecule has 29 aromatic rings. The van der Waals surface area contributed by atoms with E-state index in [0.717, 1.165) is 129 Å². The van der Waals surface area contributed by atoms with Crippen LogP contribution in [0.25, 0.3) is 271 Å². The van der Waals surface area contributed by atoms with Crippen LogP contribution >= 0.6 is 45.3 Å². The van der Waals surface area contributed by atoms with Crippen LogP contribution in [0.2, 0.25) is 0 Å². The zero-order valence-corrected chi connectivity index (χ0v) is 81.7. The van der Waals surface area contributed by atoms with Crippen molar-refractivity contribution >= 4 is 170 Å². The molecule has 10 nitrogen and oxygen atoms in total. The van der Waals surface area contributed by atoms with Gasteiger partial charge in [-0.1, -0.05) is 400 Å². The zero-order valence-electron chi connectivity index (χ0n) is 78.4. The normalized spacial score (nSPS) is 11.4. The predicted molar refractivity (Wildman–Crippen MR) is 616 cm³/mol. The van der Waals surface area contributed by atoms with E-state index in [9.17, 15) is 0 Å². The molecule has 0 atom stereocenters. The van der Waals surface area contributed by atoms with Crippen LogP contribution in [0.1, 0.15) is 0 Å². The lowest BCUT2D eigenvalue weighted by Crippen LogP contribution is -1.96. The Labute approximate surface area is 856 Å². The minimum atomic E-state index is 0.655. The van der Waals surface area contributed by atoms with Crippen LogP contribution < -0.4 is 0 Å². The Morgan fingerprint density at radius 3 is 0.993 bits per heavy atom. The monoisotopic (exact) mass is 1930 g/mol. The fraction of sp³-hybridized carbons (Fsp3) is 0. The van der Waals surface area contributed by atoms with Gasteiger partial charge in [-0.15, -0.1) is 45.3 Å². The van der Waals surface area contributed by atoms with Crippen molar-refractivity contribution in [2.75, 3.05) is 0 Å². The molecule has 10 aromatic heterocycles. The second-order valence-electron chi connectivity index (χ2n) is 35.8. The number of aromatic nitrogens is 10. The van der Waals surface area contributed by atoms with Crippen LogP contribution in [-0.4, -0.2) is 49.8 Å². The summed E-state index contributed by atoms with van der Waals surface area (Å²) in [6.07, 6.45) is 5.29. The van der Waals surface area contributed by atoms with Crippen molar-refractivity contribution in [1.29, 1.82) is 0 Å². The number of thiophene rings is 4. The van der Waals surface area contributed by atoms with Crippen molar-refractivity contribution in [2.45, 2.75) is 0 Å². The first kappa shape index (κ1) is 87.9. The van der Waals surface area contributed by atoms with Gasteiger partial charge >= 0.3 is 0 Å². The van der Waals surface area contributed by atoms with Crippen LogP contribution in [-0.2, 0) is 0 Å². The highest BCUT2D eigenvalue weighted by Crippen LogP contribution is 2.49. The molecule has 0 amide bonds. The van der Waals surface area contributed by atoms with E-state index in [-0.39, 0.29) is 0 Å². The molecule has 0 aliphatic heterocycles. The third kappa shape index (κ3) is 16.8. The van der Waals surface area contributed by atoms with E-state index < -0.39 is 0 Å². The van der Waals surface area contributed by atoms with Crippen molar-refractivity contribution in [1.82, 2.24) is 49.8 Å². The smallest absolute Gasteiger partial charge is 0.178 e. The fourth-order valence-electron chi connectivity index (χ4n) is 20.0. The van der Waals surface area contributed by atoms with Gasteiger partial charge in [-0.2, -0.15) is 0 Å². The summed E-state index contributed by atoms with van der Waals surface area (Å²) in [5.41, 5.74) is 32.7. The molecule has 29 rings (SSSR count). The number of hydrogen-bond acceptors (Lipinski definition) is 14. The Balaban J connectivity index is 0.0000000991. The van der Waals surface area contributed by atoms with Gasteiger partial charge in [0.1, 0.15) is 11.0 Å². The minimum absolute atomic E-state index is 0.655. The first-order chi connectivity index (χ1) is 72.4. The minimum Gasteiger partial charge on any atom is -0.262 e. The zero-order chi connectivity index (χ0) is 96.7. The average Bonchev–Trinajstić information content (AvgIpc) is 1.25. The topological polar surface area (TPSA) is 129 Å². The maximum atomic E-state index is 5.08. The van der Waals surface area contributed by atoms with Crippen LogP contribution in [0, 0.1) is 0 Å². The second-order valence-corrected chi connectivity index (χ2v) is 40.1. The lowest BCUT2D eigenvalue weighted by atomic mass is 9.96. The molecule has 0 aliphatic carbocycles. The third-order valence-corrected chi connectivity index (χ3v) is 31.6. The molecule has 0 saturated heterocycles. The van der Waals surface area contributed by atoms with Gasteiger partial charge in [0.05, 0.1) is 68.1 Å². The largest absolute Gasteiger partial charge is 0.262 e. The van der Waals surface area contributed by atoms with Crippen LogP contribution in [0.5, 0.6) is 0 Å². The summed E-state index contributed by atoms with van der Waals surface area (Å²) in [6, 6.07) is 168. The average molecular weight is 1940 g/mol. The Morgan fingerprint density at radius 2 is 0.479 bits per heavy atom. The molecule has 0 radical (unpaired) electrons. The maximum absolute atomic E-state index is 5.08. The molecule has 0 aliphatic rings. The first-order valence-corrected chi connectivity index (χ1v) is 51.8. The van der Waals surface area contributed by atoms with E-state index in [4.69, 9.17) is 39.9 Å². The van der Waals surface area contributed by atoms with E-state index in [2.05, 4.69) is 368 Å². The highest BCUT2D eigenvalue weighted by atomic mass is 32.1. The summed E-state index contributed by atoms with van der Waals surface area (Å²) < 4.78 is 10.5. The molecule has 19 aromatic carbocycles. The van der Waals surface area contributed by atoms with E-state index >= 15 is 0 Å². The van der Waals surface area contributed by atoms with Crippen molar-refractivity contribution in [3.8, 4) is 146 Å². The lowest BCUT2D eigenvalue weighted by molar-refractivity contribution is 1.23. The number of fused-ring (bicyclic) bond motifs is 16. The number of hydrogen-bond donors (Lipinski definition) is 0. The standard InChI is InChI=1S/C38H24N2S.C32H20N2S.2C31H19N3S/c1-3-11-25(12-4-1)29-15-10-20-34-35(29)31-17-9-16-30(38(31)41-34)26-21-23-28(24-22-26)37-36(27-13-5-2-6-14-27)39-32-18-7-8-19-33(32)40-37;1-3-10-21(11-4-1)30-27-19-18-23(20-28(27)33-32(34-30)22-12-5-2-6-13-22)24-15-9-16-26-25-14-7-8-17-29(25)35-31(24)26;1-2-8-21(9-3-1)30-29(33-25-12-7-19-32-31(25)34-30)22-17-15-20(16-18-22)23-11-6-14-27-28(23)24-10-4-5-13-26(24)35-27;1-2-7-21(8-3-1)30-31(33-25-17-18-32-19-26(25)34-30)22-15-13-20(14-16-22)23-10-6-12-28-29(23)24-9-4-5-11-27(24)35-28/h1-24H;1-20H;2*1-19H. The SMILES string of the molecule is c1ccc(-c2nc(-c3ccccc3)c3ccc(-c4cccc5c4sc4ccccc45)cc3n2)cc1.c1ccc(-c2nc3ccccc3nc2-c2ccc(-c3cccc4c3sc3cccc(-c5ccccc5)c34)cc2)cc1.c1ccc(-c2nc3cnccc3nc2-c2ccc(-c3cccc4sc5ccccc5c34)cc2)cc1.c1ccc(-c2nc3ncccc3nc2-c2ccc(-c3cccc4sc5ccccc5c34)cc2)cc1. The van der Waals surface area contributed by atoms with Crippen molar-refractivity contribution in [3.63, 3.8) is 0 Å². The fourth-order valence-corrected chi connectivity index (χ4v) is 24.8. The van der Waals surface area contributed by atoms with Crippen LogP contribution in [0.15, 0.2) is 498 Å². The Bertz CT molecular complexity index is 9710. The van der Waals surface area contributed by atoms with E-state index in [1.54, 1.807) is 18.6 Å². The third-order valence-electron chi connectivity index (χ3n) is 26.9.